The smallest absolute Gasteiger partial charge is 0.241 e. The van der Waals surface area contributed by atoms with E-state index in [1.54, 1.807) is 25.3 Å². The Hall–Kier alpha value is -3.16. The molecule has 3 rings (SSSR count). The summed E-state index contributed by atoms with van der Waals surface area (Å²) in [6.45, 7) is 5.78. The van der Waals surface area contributed by atoms with Gasteiger partial charge in [0.15, 0.2) is 5.96 Å². The van der Waals surface area contributed by atoms with Crippen molar-refractivity contribution in [3.05, 3.63) is 47.4 Å². The van der Waals surface area contributed by atoms with Crippen molar-refractivity contribution in [1.82, 2.24) is 15.5 Å². The number of nitrogens with zero attached hydrogens (tertiary/aromatic N) is 2. The fourth-order valence-corrected chi connectivity index (χ4v) is 3.31. The number of hydrogen-bond donors (Lipinski definition) is 2. The minimum absolute atomic E-state index is 0.0320. The first-order chi connectivity index (χ1) is 15.0. The average Bonchev–Trinajstić information content (AvgIpc) is 3.37. The Morgan fingerprint density at radius 3 is 2.87 bits per heavy atom. The number of ether oxygens (including phenoxy) is 2. The first-order valence-corrected chi connectivity index (χ1v) is 10.7. The van der Waals surface area contributed by atoms with Gasteiger partial charge in [-0.15, -0.1) is 0 Å². The zero-order valence-electron chi connectivity index (χ0n) is 18.7. The molecular formula is C23H32N4O4. The molecule has 2 aromatic rings. The molecule has 8 heteroatoms. The summed E-state index contributed by atoms with van der Waals surface area (Å²) >= 11 is 0. The maximum Gasteiger partial charge on any atom is 0.241 e. The third-order valence-electron chi connectivity index (χ3n) is 4.94. The van der Waals surface area contributed by atoms with Crippen LogP contribution in [0.2, 0.25) is 0 Å². The number of rotatable bonds is 9. The SMILES string of the molecule is CCOc1cc2c(cc1CN=C(NCCc1ccco1)NCC(=O)N(C)C)OC(C)C2. The summed E-state index contributed by atoms with van der Waals surface area (Å²) in [5.41, 5.74) is 2.11. The number of nitrogens with one attached hydrogen (secondary N) is 2. The second kappa shape index (κ2) is 10.7. The van der Waals surface area contributed by atoms with E-state index in [9.17, 15) is 4.79 Å². The molecule has 0 saturated carbocycles. The Kier molecular flexibility index (Phi) is 7.81. The van der Waals surface area contributed by atoms with Gasteiger partial charge >= 0.3 is 0 Å². The minimum atomic E-state index is -0.0320. The van der Waals surface area contributed by atoms with Gasteiger partial charge < -0.3 is 29.4 Å². The summed E-state index contributed by atoms with van der Waals surface area (Å²) in [6, 6.07) is 7.87. The summed E-state index contributed by atoms with van der Waals surface area (Å²) in [5, 5.41) is 6.38. The van der Waals surface area contributed by atoms with E-state index in [1.807, 2.05) is 25.1 Å². The molecule has 1 aromatic heterocycles. The monoisotopic (exact) mass is 428 g/mol. The molecule has 0 bridgehead atoms. The predicted octanol–water partition coefficient (Wildman–Crippen LogP) is 2.37. The molecule has 1 amide bonds. The molecule has 0 radical (unpaired) electrons. The summed E-state index contributed by atoms with van der Waals surface area (Å²) in [6.07, 6.45) is 3.42. The topological polar surface area (TPSA) is 88.3 Å². The number of carbonyl (C=O) groups excluding carboxylic acids is 1. The van der Waals surface area contributed by atoms with Crippen LogP contribution in [-0.2, 0) is 24.2 Å². The number of guanidine groups is 1. The van der Waals surface area contributed by atoms with E-state index in [1.165, 1.54) is 0 Å². The van der Waals surface area contributed by atoms with Crippen LogP contribution in [0.4, 0.5) is 0 Å². The fourth-order valence-electron chi connectivity index (χ4n) is 3.31. The lowest BCUT2D eigenvalue weighted by atomic mass is 10.1. The van der Waals surface area contributed by atoms with E-state index >= 15 is 0 Å². The van der Waals surface area contributed by atoms with Gasteiger partial charge in [0, 0.05) is 44.6 Å². The van der Waals surface area contributed by atoms with Crippen LogP contribution in [0.15, 0.2) is 39.9 Å². The molecular weight excluding hydrogens is 396 g/mol. The molecule has 1 aromatic carbocycles. The highest BCUT2D eigenvalue weighted by Crippen LogP contribution is 2.35. The standard InChI is InChI=1S/C23H32N4O4/c1-5-29-20-12-17-11-16(2)31-21(17)13-18(20)14-25-23(26-15-22(28)27(3)4)24-9-8-19-7-6-10-30-19/h6-7,10,12-13,16H,5,8-9,11,14-15H2,1-4H3,(H2,24,25,26). The van der Waals surface area contributed by atoms with Crippen LogP contribution in [-0.4, -0.2) is 56.7 Å². The summed E-state index contributed by atoms with van der Waals surface area (Å²) < 4.78 is 17.1. The summed E-state index contributed by atoms with van der Waals surface area (Å²) in [4.78, 5) is 18.2. The first kappa shape index (κ1) is 22.5. The highest BCUT2D eigenvalue weighted by Gasteiger charge is 2.21. The zero-order valence-corrected chi connectivity index (χ0v) is 18.7. The van der Waals surface area contributed by atoms with Crippen molar-refractivity contribution in [3.63, 3.8) is 0 Å². The average molecular weight is 429 g/mol. The lowest BCUT2D eigenvalue weighted by Gasteiger charge is -2.16. The van der Waals surface area contributed by atoms with Crippen LogP contribution in [0.25, 0.3) is 0 Å². The van der Waals surface area contributed by atoms with Crippen molar-refractivity contribution >= 4 is 11.9 Å². The second-order valence-corrected chi connectivity index (χ2v) is 7.70. The number of carbonyl (C=O) groups is 1. The van der Waals surface area contributed by atoms with Gasteiger partial charge in [0.25, 0.3) is 0 Å². The van der Waals surface area contributed by atoms with E-state index in [0.29, 0.717) is 32.1 Å². The molecule has 0 aliphatic carbocycles. The van der Waals surface area contributed by atoms with Gasteiger partial charge in [-0.3, -0.25) is 4.79 Å². The first-order valence-electron chi connectivity index (χ1n) is 10.7. The van der Waals surface area contributed by atoms with Gasteiger partial charge in [-0.05, 0) is 38.1 Å². The quantitative estimate of drug-likeness (QED) is 0.471. The van der Waals surface area contributed by atoms with Gasteiger partial charge in [-0.1, -0.05) is 0 Å². The van der Waals surface area contributed by atoms with Crippen LogP contribution < -0.4 is 20.1 Å². The third kappa shape index (κ3) is 6.41. The second-order valence-electron chi connectivity index (χ2n) is 7.70. The zero-order chi connectivity index (χ0) is 22.2. The molecule has 1 aliphatic rings. The highest BCUT2D eigenvalue weighted by molar-refractivity contribution is 5.86. The molecule has 31 heavy (non-hydrogen) atoms. The Balaban J connectivity index is 1.72. The van der Waals surface area contributed by atoms with Gasteiger partial charge in [0.05, 0.1) is 26.0 Å². The third-order valence-corrected chi connectivity index (χ3v) is 4.94. The Labute approximate surface area is 183 Å². The van der Waals surface area contributed by atoms with E-state index in [4.69, 9.17) is 13.9 Å². The van der Waals surface area contributed by atoms with Crippen LogP contribution in [0.1, 0.15) is 30.7 Å². The molecule has 168 valence electrons. The number of aliphatic imine (C=N–C) groups is 1. The van der Waals surface area contributed by atoms with Crippen molar-refractivity contribution < 1.29 is 18.7 Å². The van der Waals surface area contributed by atoms with Gasteiger partial charge in [0.2, 0.25) is 5.91 Å². The number of amides is 1. The predicted molar refractivity (Wildman–Crippen MR) is 120 cm³/mol. The number of hydrogen-bond acceptors (Lipinski definition) is 5. The van der Waals surface area contributed by atoms with Crippen molar-refractivity contribution in [3.8, 4) is 11.5 Å². The normalized spacial score (nSPS) is 15.2. The Morgan fingerprint density at radius 2 is 2.16 bits per heavy atom. The molecule has 2 heterocycles. The number of likely N-dealkylation sites (N-methyl/N-ethyl adjacent to an activating group) is 1. The molecule has 0 fully saturated rings. The van der Waals surface area contributed by atoms with Crippen LogP contribution in [0.5, 0.6) is 11.5 Å². The highest BCUT2D eigenvalue weighted by atomic mass is 16.5. The van der Waals surface area contributed by atoms with Crippen molar-refractivity contribution in [2.24, 2.45) is 4.99 Å². The van der Waals surface area contributed by atoms with E-state index in [0.717, 1.165) is 34.8 Å². The lowest BCUT2D eigenvalue weighted by molar-refractivity contribution is -0.127. The minimum Gasteiger partial charge on any atom is -0.494 e. The number of furan rings is 1. The maximum absolute atomic E-state index is 12.0. The fraction of sp³-hybridized carbons (Fsp3) is 0.478. The Morgan fingerprint density at radius 1 is 1.32 bits per heavy atom. The van der Waals surface area contributed by atoms with Gasteiger partial charge in [0.1, 0.15) is 23.4 Å². The van der Waals surface area contributed by atoms with Crippen LogP contribution in [0, 0.1) is 0 Å². The largest absolute Gasteiger partial charge is 0.494 e. The van der Waals surface area contributed by atoms with Gasteiger partial charge in [-0.25, -0.2) is 4.99 Å². The van der Waals surface area contributed by atoms with Crippen LogP contribution >= 0.6 is 0 Å². The number of fused-ring (bicyclic) bond motifs is 1. The molecule has 8 nitrogen and oxygen atoms in total. The molecule has 2 N–H and O–H groups in total. The van der Waals surface area contributed by atoms with Crippen molar-refractivity contribution in [1.29, 1.82) is 0 Å². The van der Waals surface area contributed by atoms with E-state index < -0.39 is 0 Å². The lowest BCUT2D eigenvalue weighted by Crippen LogP contribution is -2.43. The Bertz CT molecular complexity index is 893. The van der Waals surface area contributed by atoms with E-state index in [-0.39, 0.29) is 18.6 Å². The molecule has 1 atom stereocenters. The summed E-state index contributed by atoms with van der Waals surface area (Å²) in [7, 11) is 3.45. The molecule has 1 aliphatic heterocycles. The van der Waals surface area contributed by atoms with E-state index in [2.05, 4.69) is 28.6 Å². The van der Waals surface area contributed by atoms with Crippen molar-refractivity contribution in [2.75, 3.05) is 33.8 Å². The van der Waals surface area contributed by atoms with Crippen LogP contribution in [0.3, 0.4) is 0 Å². The summed E-state index contributed by atoms with van der Waals surface area (Å²) in [5.74, 6) is 3.13. The maximum atomic E-state index is 12.0. The molecule has 0 spiro atoms. The van der Waals surface area contributed by atoms with Crippen molar-refractivity contribution in [2.45, 2.75) is 39.3 Å². The number of benzene rings is 1. The van der Waals surface area contributed by atoms with Gasteiger partial charge in [-0.2, -0.15) is 0 Å². The molecule has 1 unspecified atom stereocenters. The molecule has 0 saturated heterocycles.